The number of nitrogens with zero attached hydrogens (tertiary/aromatic N) is 4. The van der Waals surface area contributed by atoms with Gasteiger partial charge in [-0.25, -0.2) is 0 Å². The Morgan fingerprint density at radius 2 is 1.89 bits per heavy atom. The van der Waals surface area contributed by atoms with Crippen molar-refractivity contribution in [2.75, 3.05) is 64.3 Å². The van der Waals surface area contributed by atoms with Crippen molar-refractivity contribution in [3.8, 4) is 0 Å². The van der Waals surface area contributed by atoms with Gasteiger partial charge in [0.25, 0.3) is 0 Å². The summed E-state index contributed by atoms with van der Waals surface area (Å²) in [6, 6.07) is 8.61. The molecule has 2 atom stereocenters. The van der Waals surface area contributed by atoms with Gasteiger partial charge in [0.05, 0.1) is 12.5 Å². The molecule has 3 heterocycles. The zero-order valence-corrected chi connectivity index (χ0v) is 16.4. The van der Waals surface area contributed by atoms with Crippen LogP contribution >= 0.6 is 0 Å². The lowest BCUT2D eigenvalue weighted by molar-refractivity contribution is -0.138. The Balaban J connectivity index is 1.28. The fourth-order valence-corrected chi connectivity index (χ4v) is 4.68. The molecule has 0 radical (unpaired) electrons. The van der Waals surface area contributed by atoms with Gasteiger partial charge in [-0.1, -0.05) is 12.1 Å². The first kappa shape index (κ1) is 18.3. The van der Waals surface area contributed by atoms with E-state index in [1.165, 1.54) is 11.3 Å². The van der Waals surface area contributed by atoms with Gasteiger partial charge in [-0.3, -0.25) is 14.5 Å². The van der Waals surface area contributed by atoms with Gasteiger partial charge >= 0.3 is 0 Å². The first-order valence-corrected chi connectivity index (χ1v) is 10.1. The first-order chi connectivity index (χ1) is 13.0. The van der Waals surface area contributed by atoms with Crippen molar-refractivity contribution >= 4 is 17.5 Å². The highest BCUT2D eigenvalue weighted by atomic mass is 16.2. The summed E-state index contributed by atoms with van der Waals surface area (Å²) in [6.07, 6.45) is 1.02. The fraction of sp³-hybridized carbons (Fsp3) is 0.619. The minimum Gasteiger partial charge on any atom is -0.369 e. The van der Waals surface area contributed by atoms with Crippen molar-refractivity contribution in [3.63, 3.8) is 0 Å². The lowest BCUT2D eigenvalue weighted by Gasteiger charge is -2.36. The Morgan fingerprint density at radius 1 is 1.11 bits per heavy atom. The Morgan fingerprint density at radius 3 is 2.63 bits per heavy atom. The number of hydrogen-bond acceptors (Lipinski definition) is 4. The van der Waals surface area contributed by atoms with E-state index in [-0.39, 0.29) is 17.7 Å². The van der Waals surface area contributed by atoms with E-state index >= 15 is 0 Å². The second-order valence-corrected chi connectivity index (χ2v) is 8.32. The summed E-state index contributed by atoms with van der Waals surface area (Å²) in [7, 11) is 1.87. The lowest BCUT2D eigenvalue weighted by atomic mass is 9.88. The molecule has 0 aromatic heterocycles. The molecule has 0 unspecified atom stereocenters. The molecule has 6 heteroatoms. The van der Waals surface area contributed by atoms with Crippen LogP contribution in [0.25, 0.3) is 0 Å². The fourth-order valence-electron chi connectivity index (χ4n) is 4.68. The third-order valence-electron chi connectivity index (χ3n) is 6.42. The van der Waals surface area contributed by atoms with Crippen LogP contribution in [0.5, 0.6) is 0 Å². The molecule has 2 amide bonds. The molecule has 0 aliphatic carbocycles. The van der Waals surface area contributed by atoms with Crippen LogP contribution in [-0.4, -0.2) is 85.9 Å². The number of carbonyl (C=O) groups excluding carboxylic acids is 2. The molecular formula is C21H30N4O2. The summed E-state index contributed by atoms with van der Waals surface area (Å²) < 4.78 is 0. The number of piperidine rings is 1. The van der Waals surface area contributed by atoms with Gasteiger partial charge in [-0.15, -0.1) is 0 Å². The van der Waals surface area contributed by atoms with Crippen LogP contribution in [0.15, 0.2) is 24.3 Å². The predicted octanol–water partition coefficient (Wildman–Crippen LogP) is 1.05. The van der Waals surface area contributed by atoms with Gasteiger partial charge in [-0.05, 0) is 37.0 Å². The summed E-state index contributed by atoms with van der Waals surface area (Å²) in [5, 5.41) is 0. The van der Waals surface area contributed by atoms with E-state index in [4.69, 9.17) is 0 Å². The second-order valence-electron chi connectivity index (χ2n) is 8.32. The summed E-state index contributed by atoms with van der Waals surface area (Å²) in [6.45, 7) is 8.49. The van der Waals surface area contributed by atoms with Crippen molar-refractivity contribution in [2.24, 2.45) is 11.8 Å². The van der Waals surface area contributed by atoms with E-state index in [1.807, 2.05) is 16.8 Å². The highest BCUT2D eigenvalue weighted by Crippen LogP contribution is 2.31. The molecule has 0 bridgehead atoms. The Bertz CT molecular complexity index is 714. The van der Waals surface area contributed by atoms with E-state index in [0.717, 1.165) is 45.7 Å². The summed E-state index contributed by atoms with van der Waals surface area (Å²) in [4.78, 5) is 33.5. The molecule has 27 heavy (non-hydrogen) atoms. The molecule has 0 saturated carbocycles. The lowest BCUT2D eigenvalue weighted by Crippen LogP contribution is -2.50. The molecule has 3 saturated heterocycles. The quantitative estimate of drug-likeness (QED) is 0.798. The molecule has 146 valence electrons. The summed E-state index contributed by atoms with van der Waals surface area (Å²) in [5.74, 6) is 0.777. The maximum Gasteiger partial charge on any atom is 0.236 e. The molecular weight excluding hydrogens is 340 g/mol. The monoisotopic (exact) mass is 370 g/mol. The maximum atomic E-state index is 12.8. The molecule has 0 N–H and O–H groups in total. The molecule has 3 fully saturated rings. The third kappa shape index (κ3) is 3.81. The Kier molecular flexibility index (Phi) is 5.08. The van der Waals surface area contributed by atoms with Crippen molar-refractivity contribution < 1.29 is 9.59 Å². The smallest absolute Gasteiger partial charge is 0.236 e. The number of aryl methyl sites for hydroxylation is 1. The molecule has 1 aromatic rings. The summed E-state index contributed by atoms with van der Waals surface area (Å²) in [5.41, 5.74) is 2.55. The van der Waals surface area contributed by atoms with E-state index in [1.54, 1.807) is 0 Å². The third-order valence-corrected chi connectivity index (χ3v) is 6.42. The van der Waals surface area contributed by atoms with Crippen molar-refractivity contribution in [3.05, 3.63) is 29.8 Å². The summed E-state index contributed by atoms with van der Waals surface area (Å²) >= 11 is 0. The van der Waals surface area contributed by atoms with Gasteiger partial charge in [-0.2, -0.15) is 0 Å². The molecule has 6 nitrogen and oxygen atoms in total. The number of amides is 2. The first-order valence-electron chi connectivity index (χ1n) is 10.1. The van der Waals surface area contributed by atoms with E-state index in [2.05, 4.69) is 41.0 Å². The number of benzene rings is 1. The number of carbonyl (C=O) groups is 2. The largest absolute Gasteiger partial charge is 0.369 e. The van der Waals surface area contributed by atoms with E-state index in [0.29, 0.717) is 19.0 Å². The van der Waals surface area contributed by atoms with Gasteiger partial charge in [0.15, 0.2) is 0 Å². The normalized spacial score (nSPS) is 26.4. The highest BCUT2D eigenvalue weighted by Gasteiger charge is 2.43. The SMILES string of the molecule is Cc1cccc(N2CCN(CC(=O)N3C[C@H]4CCN(C)C(=O)[C@H]4C3)CC2)c1. The van der Waals surface area contributed by atoms with Crippen LogP contribution in [0.4, 0.5) is 5.69 Å². The maximum absolute atomic E-state index is 12.8. The van der Waals surface area contributed by atoms with Gasteiger partial charge in [0, 0.05) is 58.5 Å². The number of rotatable bonds is 3. The van der Waals surface area contributed by atoms with Crippen LogP contribution in [0, 0.1) is 18.8 Å². The minimum atomic E-state index is 0.0193. The van der Waals surface area contributed by atoms with Crippen LogP contribution < -0.4 is 4.90 Å². The average molecular weight is 370 g/mol. The Labute approximate surface area is 161 Å². The molecule has 0 spiro atoms. The van der Waals surface area contributed by atoms with Gasteiger partial charge in [0.2, 0.25) is 11.8 Å². The Hall–Kier alpha value is -2.08. The van der Waals surface area contributed by atoms with Crippen LogP contribution in [0.1, 0.15) is 12.0 Å². The molecule has 3 aliphatic heterocycles. The second kappa shape index (κ2) is 7.50. The molecule has 4 rings (SSSR count). The number of piperazine rings is 1. The van der Waals surface area contributed by atoms with Crippen LogP contribution in [-0.2, 0) is 9.59 Å². The van der Waals surface area contributed by atoms with Crippen molar-refractivity contribution in [2.45, 2.75) is 13.3 Å². The van der Waals surface area contributed by atoms with Crippen LogP contribution in [0.2, 0.25) is 0 Å². The van der Waals surface area contributed by atoms with Gasteiger partial charge in [0.1, 0.15) is 0 Å². The zero-order valence-electron chi connectivity index (χ0n) is 16.4. The average Bonchev–Trinajstić information content (AvgIpc) is 3.11. The van der Waals surface area contributed by atoms with E-state index < -0.39 is 0 Å². The number of likely N-dealkylation sites (tertiary alicyclic amines) is 2. The van der Waals surface area contributed by atoms with Crippen LogP contribution in [0.3, 0.4) is 0 Å². The van der Waals surface area contributed by atoms with Crippen molar-refractivity contribution in [1.82, 2.24) is 14.7 Å². The predicted molar refractivity (Wildman–Crippen MR) is 106 cm³/mol. The minimum absolute atomic E-state index is 0.0193. The highest BCUT2D eigenvalue weighted by molar-refractivity contribution is 5.83. The topological polar surface area (TPSA) is 47.1 Å². The standard InChI is InChI=1S/C21H30N4O2/c1-16-4-3-5-18(12-16)24-10-8-23(9-11-24)15-20(26)25-13-17-6-7-22(2)21(27)19(17)14-25/h3-5,12,17,19H,6-11,13-15H2,1-2H3/t17-,19+/m1/s1. The molecule has 1 aromatic carbocycles. The zero-order chi connectivity index (χ0) is 19.0. The van der Waals surface area contributed by atoms with E-state index in [9.17, 15) is 9.59 Å². The number of anilines is 1. The van der Waals surface area contributed by atoms with Crippen molar-refractivity contribution in [1.29, 1.82) is 0 Å². The number of hydrogen-bond donors (Lipinski definition) is 0. The molecule has 3 aliphatic rings. The number of fused-ring (bicyclic) bond motifs is 1. The van der Waals surface area contributed by atoms with Gasteiger partial charge < -0.3 is 14.7 Å².